The van der Waals surface area contributed by atoms with Gasteiger partial charge in [-0.3, -0.25) is 14.4 Å². The van der Waals surface area contributed by atoms with E-state index in [1.165, 1.54) is 44.7 Å². The van der Waals surface area contributed by atoms with Crippen molar-refractivity contribution in [3.05, 3.63) is 53.9 Å². The summed E-state index contributed by atoms with van der Waals surface area (Å²) in [4.78, 5) is 41.5. The molecule has 7 nitrogen and oxygen atoms in total. The molecular formula is C27H33NO6. The molecule has 3 rings (SSSR count). The number of ketones is 1. The summed E-state index contributed by atoms with van der Waals surface area (Å²) in [6.07, 6.45) is 5.58. The molecule has 182 valence electrons. The normalized spacial score (nSPS) is 16.4. The number of carbonyl (C=O) groups excluding carboxylic acids is 3. The van der Waals surface area contributed by atoms with Crippen LogP contribution in [0.3, 0.4) is 0 Å². The van der Waals surface area contributed by atoms with Crippen LogP contribution in [-0.4, -0.2) is 35.9 Å². The Bertz CT molecular complexity index is 999. The van der Waals surface area contributed by atoms with Gasteiger partial charge < -0.3 is 14.2 Å². The Kier molecular flexibility index (Phi) is 8.79. The SMILES string of the molecule is COc1ccnc(C(=O)C[C@@H](C)C(=O)OC(C)[C@H](c2ccccc2)C2CCCC2)c1OC(C)=O. The molecular weight excluding hydrogens is 434 g/mol. The smallest absolute Gasteiger partial charge is 0.309 e. The number of pyridine rings is 1. The Balaban J connectivity index is 1.70. The Morgan fingerprint density at radius 1 is 1.06 bits per heavy atom. The van der Waals surface area contributed by atoms with Gasteiger partial charge in [0.1, 0.15) is 6.10 Å². The summed E-state index contributed by atoms with van der Waals surface area (Å²) in [6, 6.07) is 11.7. The first-order valence-electron chi connectivity index (χ1n) is 11.8. The van der Waals surface area contributed by atoms with Crippen LogP contribution < -0.4 is 9.47 Å². The molecule has 1 fully saturated rings. The molecule has 1 aliphatic rings. The maximum atomic E-state index is 13.0. The number of nitrogens with zero attached hydrogens (tertiary/aromatic N) is 1. The van der Waals surface area contributed by atoms with Crippen LogP contribution in [-0.2, 0) is 14.3 Å². The lowest BCUT2D eigenvalue weighted by molar-refractivity contribution is -0.154. The first kappa shape index (κ1) is 25.4. The maximum absolute atomic E-state index is 13.0. The average Bonchev–Trinajstić information content (AvgIpc) is 3.33. The van der Waals surface area contributed by atoms with Crippen LogP contribution >= 0.6 is 0 Å². The number of esters is 2. The van der Waals surface area contributed by atoms with Crippen LogP contribution in [0.4, 0.5) is 0 Å². The van der Waals surface area contributed by atoms with Crippen molar-refractivity contribution < 1.29 is 28.6 Å². The Morgan fingerprint density at radius 2 is 1.74 bits per heavy atom. The van der Waals surface area contributed by atoms with Crippen LogP contribution in [0.1, 0.15) is 74.8 Å². The van der Waals surface area contributed by atoms with Crippen molar-refractivity contribution in [3.8, 4) is 11.5 Å². The van der Waals surface area contributed by atoms with Crippen molar-refractivity contribution >= 4 is 17.7 Å². The molecule has 0 radical (unpaired) electrons. The zero-order chi connectivity index (χ0) is 24.7. The molecule has 1 aliphatic carbocycles. The lowest BCUT2D eigenvalue weighted by atomic mass is 9.81. The zero-order valence-corrected chi connectivity index (χ0v) is 20.3. The highest BCUT2D eigenvalue weighted by Crippen LogP contribution is 2.40. The summed E-state index contributed by atoms with van der Waals surface area (Å²) in [5.41, 5.74) is 1.13. The van der Waals surface area contributed by atoms with E-state index in [1.54, 1.807) is 6.92 Å². The molecule has 1 unspecified atom stereocenters. The second kappa shape index (κ2) is 11.8. The van der Waals surface area contributed by atoms with Crippen molar-refractivity contribution in [2.24, 2.45) is 11.8 Å². The number of Topliss-reactive ketones (excluding diaryl/α,β-unsaturated/α-hetero) is 1. The van der Waals surface area contributed by atoms with Gasteiger partial charge in [-0.25, -0.2) is 4.98 Å². The summed E-state index contributed by atoms with van der Waals surface area (Å²) in [5.74, 6) is -1.38. The number of carbonyl (C=O) groups is 3. The highest BCUT2D eigenvalue weighted by Gasteiger charge is 2.34. The van der Waals surface area contributed by atoms with E-state index in [-0.39, 0.29) is 35.6 Å². The average molecular weight is 468 g/mol. The van der Waals surface area contributed by atoms with Crippen molar-refractivity contribution in [2.45, 2.75) is 64.9 Å². The summed E-state index contributed by atoms with van der Waals surface area (Å²) in [7, 11) is 1.41. The van der Waals surface area contributed by atoms with E-state index in [2.05, 4.69) is 17.1 Å². The molecule has 2 aromatic rings. The van der Waals surface area contributed by atoms with Crippen LogP contribution in [0.15, 0.2) is 42.6 Å². The lowest BCUT2D eigenvalue weighted by Crippen LogP contribution is -2.30. The highest BCUT2D eigenvalue weighted by molar-refractivity contribution is 5.99. The third kappa shape index (κ3) is 6.22. The molecule has 1 heterocycles. The van der Waals surface area contributed by atoms with Crippen LogP contribution in [0.25, 0.3) is 0 Å². The standard InChI is InChI=1S/C27H33NO6/c1-17(16-22(30)25-26(34-19(3)29)23(32-4)14-15-28-25)27(31)33-18(2)24(21-12-8-9-13-21)20-10-6-5-7-11-20/h5-7,10-11,14-15,17-18,21,24H,8-9,12-13,16H2,1-4H3/t17-,18?,24-/m1/s1. The minimum absolute atomic E-state index is 0.0400. The number of rotatable bonds is 10. The summed E-state index contributed by atoms with van der Waals surface area (Å²) >= 11 is 0. The van der Waals surface area contributed by atoms with E-state index in [0.717, 1.165) is 12.8 Å². The van der Waals surface area contributed by atoms with E-state index in [4.69, 9.17) is 14.2 Å². The first-order valence-corrected chi connectivity index (χ1v) is 11.8. The number of aromatic nitrogens is 1. The fourth-order valence-corrected chi connectivity index (χ4v) is 4.78. The first-order chi connectivity index (χ1) is 16.3. The topological polar surface area (TPSA) is 91.8 Å². The molecule has 1 saturated carbocycles. The number of benzene rings is 1. The lowest BCUT2D eigenvalue weighted by Gasteiger charge is -2.30. The Labute approximate surface area is 200 Å². The van der Waals surface area contributed by atoms with Crippen molar-refractivity contribution in [1.82, 2.24) is 4.98 Å². The van der Waals surface area contributed by atoms with E-state index >= 15 is 0 Å². The third-order valence-electron chi connectivity index (χ3n) is 6.39. The largest absolute Gasteiger partial charge is 0.493 e. The molecule has 0 amide bonds. The van der Waals surface area contributed by atoms with E-state index in [9.17, 15) is 14.4 Å². The van der Waals surface area contributed by atoms with Gasteiger partial charge in [0, 0.05) is 31.5 Å². The predicted octanol–water partition coefficient (Wildman–Crippen LogP) is 5.13. The summed E-state index contributed by atoms with van der Waals surface area (Å²) in [5, 5.41) is 0. The molecule has 1 aromatic heterocycles. The molecule has 0 saturated heterocycles. The molecule has 0 aliphatic heterocycles. The molecule has 0 spiro atoms. The van der Waals surface area contributed by atoms with Gasteiger partial charge in [-0.05, 0) is 31.2 Å². The number of hydrogen-bond donors (Lipinski definition) is 0. The number of methoxy groups -OCH3 is 1. The van der Waals surface area contributed by atoms with Crippen molar-refractivity contribution in [1.29, 1.82) is 0 Å². The molecule has 3 atom stereocenters. The van der Waals surface area contributed by atoms with Gasteiger partial charge >= 0.3 is 11.9 Å². The third-order valence-corrected chi connectivity index (χ3v) is 6.39. The molecule has 0 N–H and O–H groups in total. The van der Waals surface area contributed by atoms with E-state index in [0.29, 0.717) is 5.92 Å². The van der Waals surface area contributed by atoms with Gasteiger partial charge in [0.2, 0.25) is 5.75 Å². The Morgan fingerprint density at radius 3 is 2.35 bits per heavy atom. The molecule has 1 aromatic carbocycles. The second-order valence-corrected chi connectivity index (χ2v) is 8.94. The van der Waals surface area contributed by atoms with Crippen LogP contribution in [0, 0.1) is 11.8 Å². The quantitative estimate of drug-likeness (QED) is 0.353. The van der Waals surface area contributed by atoms with Gasteiger partial charge in [0.05, 0.1) is 13.0 Å². The van der Waals surface area contributed by atoms with Crippen molar-refractivity contribution in [3.63, 3.8) is 0 Å². The molecule has 34 heavy (non-hydrogen) atoms. The zero-order valence-electron chi connectivity index (χ0n) is 20.3. The minimum atomic E-state index is -0.687. The van der Waals surface area contributed by atoms with Gasteiger partial charge in [-0.15, -0.1) is 0 Å². The van der Waals surface area contributed by atoms with Crippen LogP contribution in [0.5, 0.6) is 11.5 Å². The molecule has 7 heteroatoms. The Hall–Kier alpha value is -3.22. The highest BCUT2D eigenvalue weighted by atomic mass is 16.6. The minimum Gasteiger partial charge on any atom is -0.493 e. The summed E-state index contributed by atoms with van der Waals surface area (Å²) in [6.45, 7) is 4.83. The van der Waals surface area contributed by atoms with Gasteiger partial charge in [-0.2, -0.15) is 0 Å². The number of ether oxygens (including phenoxy) is 3. The molecule has 0 bridgehead atoms. The van der Waals surface area contributed by atoms with E-state index in [1.807, 2.05) is 25.1 Å². The van der Waals surface area contributed by atoms with Gasteiger partial charge in [0.15, 0.2) is 17.2 Å². The maximum Gasteiger partial charge on any atom is 0.309 e. The van der Waals surface area contributed by atoms with Crippen molar-refractivity contribution in [2.75, 3.05) is 7.11 Å². The monoisotopic (exact) mass is 467 g/mol. The van der Waals surface area contributed by atoms with E-state index < -0.39 is 23.6 Å². The number of hydrogen-bond acceptors (Lipinski definition) is 7. The van der Waals surface area contributed by atoms with Crippen LogP contribution in [0.2, 0.25) is 0 Å². The predicted molar refractivity (Wildman–Crippen MR) is 127 cm³/mol. The second-order valence-electron chi connectivity index (χ2n) is 8.94. The summed E-state index contributed by atoms with van der Waals surface area (Å²) < 4.78 is 16.3. The fourth-order valence-electron chi connectivity index (χ4n) is 4.78. The van der Waals surface area contributed by atoms with Gasteiger partial charge in [0.25, 0.3) is 0 Å². The van der Waals surface area contributed by atoms with Gasteiger partial charge in [-0.1, -0.05) is 50.1 Å². The fraction of sp³-hybridized carbons (Fsp3) is 0.481.